The van der Waals surface area contributed by atoms with Gasteiger partial charge in [0.1, 0.15) is 0 Å². The zero-order chi connectivity index (χ0) is 22.1. The summed E-state index contributed by atoms with van der Waals surface area (Å²) >= 11 is 0. The smallest absolute Gasteiger partial charge is 0.251 e. The van der Waals surface area contributed by atoms with Crippen LogP contribution >= 0.6 is 0 Å². The fourth-order valence-electron chi connectivity index (χ4n) is 2.73. The number of carbonyl (C=O) groups is 1. The molecule has 0 atom stereocenters. The molecular weight excluding hydrogens is 402 g/mol. The minimum Gasteiger partial charge on any atom is -0.356 e. The molecule has 0 aliphatic heterocycles. The molecule has 30 heavy (non-hydrogen) atoms. The highest BCUT2D eigenvalue weighted by Crippen LogP contribution is 2.13. The highest BCUT2D eigenvalue weighted by molar-refractivity contribution is 7.89. The lowest BCUT2D eigenvalue weighted by atomic mass is 10.1. The Hall–Kier alpha value is -2.91. The first kappa shape index (κ1) is 23.4. The highest BCUT2D eigenvalue weighted by Gasteiger charge is 2.16. The zero-order valence-corrected chi connectivity index (χ0v) is 18.6. The van der Waals surface area contributed by atoms with Crippen molar-refractivity contribution in [1.29, 1.82) is 0 Å². The third kappa shape index (κ3) is 6.30. The van der Waals surface area contributed by atoms with Crippen molar-refractivity contribution >= 4 is 21.9 Å². The standard InChI is InChI=1S/C21H29N5O3S/c1-22-20(27)18-7-5-6-16(14-18)12-13-24-21(23-2)25-15-17-8-10-19(11-9-17)30(28,29)26(3)4/h5-11,14H,12-13,15H2,1-4H3,(H,22,27)(H2,23,24,25). The highest BCUT2D eigenvalue weighted by atomic mass is 32.2. The van der Waals surface area contributed by atoms with Gasteiger partial charge in [-0.2, -0.15) is 0 Å². The molecule has 2 rings (SSSR count). The van der Waals surface area contributed by atoms with Crippen molar-refractivity contribution in [3.63, 3.8) is 0 Å². The molecule has 0 saturated heterocycles. The van der Waals surface area contributed by atoms with Crippen molar-refractivity contribution in [2.75, 3.05) is 34.7 Å². The second-order valence-corrected chi connectivity index (χ2v) is 8.97. The molecular formula is C21H29N5O3S. The largest absolute Gasteiger partial charge is 0.356 e. The summed E-state index contributed by atoms with van der Waals surface area (Å²) in [4.78, 5) is 16.2. The molecule has 0 heterocycles. The van der Waals surface area contributed by atoms with Gasteiger partial charge in [0.25, 0.3) is 5.91 Å². The lowest BCUT2D eigenvalue weighted by molar-refractivity contribution is 0.0963. The van der Waals surface area contributed by atoms with Crippen LogP contribution in [0.3, 0.4) is 0 Å². The first-order valence-corrected chi connectivity index (χ1v) is 11.0. The van der Waals surface area contributed by atoms with Gasteiger partial charge >= 0.3 is 0 Å². The lowest BCUT2D eigenvalue weighted by Crippen LogP contribution is -2.37. The predicted octanol–water partition coefficient (Wildman–Crippen LogP) is 1.20. The molecule has 9 heteroatoms. The molecule has 2 aromatic carbocycles. The Morgan fingerprint density at radius 3 is 2.33 bits per heavy atom. The summed E-state index contributed by atoms with van der Waals surface area (Å²) in [6, 6.07) is 14.3. The van der Waals surface area contributed by atoms with Crippen LogP contribution in [-0.2, 0) is 23.0 Å². The van der Waals surface area contributed by atoms with Crippen molar-refractivity contribution in [3.8, 4) is 0 Å². The molecule has 0 aromatic heterocycles. The van der Waals surface area contributed by atoms with Crippen LogP contribution in [0.5, 0.6) is 0 Å². The molecule has 2 aromatic rings. The van der Waals surface area contributed by atoms with Crippen molar-refractivity contribution in [3.05, 3.63) is 65.2 Å². The maximum absolute atomic E-state index is 12.1. The first-order valence-electron chi connectivity index (χ1n) is 9.55. The summed E-state index contributed by atoms with van der Waals surface area (Å²) in [5, 5.41) is 9.07. The van der Waals surface area contributed by atoms with Gasteiger partial charge in [0.05, 0.1) is 4.90 Å². The SMILES string of the molecule is CN=C(NCCc1cccc(C(=O)NC)c1)NCc1ccc(S(=O)(=O)N(C)C)cc1. The Bertz CT molecular complexity index is 986. The van der Waals surface area contributed by atoms with E-state index in [1.807, 2.05) is 18.2 Å². The van der Waals surface area contributed by atoms with Gasteiger partial charge in [0.15, 0.2) is 5.96 Å². The van der Waals surface area contributed by atoms with Crippen molar-refractivity contribution in [2.24, 2.45) is 4.99 Å². The number of aliphatic imine (C=N–C) groups is 1. The second-order valence-electron chi connectivity index (χ2n) is 6.81. The predicted molar refractivity (Wildman–Crippen MR) is 119 cm³/mol. The van der Waals surface area contributed by atoms with Crippen LogP contribution < -0.4 is 16.0 Å². The van der Waals surface area contributed by atoms with Gasteiger partial charge in [-0.05, 0) is 41.8 Å². The van der Waals surface area contributed by atoms with E-state index in [1.165, 1.54) is 18.4 Å². The van der Waals surface area contributed by atoms with Gasteiger partial charge in [-0.25, -0.2) is 12.7 Å². The Kier molecular flexibility index (Phi) is 8.37. The summed E-state index contributed by atoms with van der Waals surface area (Å²) in [5.74, 6) is 0.536. The number of nitrogens with zero attached hydrogens (tertiary/aromatic N) is 2. The van der Waals surface area contributed by atoms with Crippen LogP contribution in [0.25, 0.3) is 0 Å². The molecule has 162 valence electrons. The van der Waals surface area contributed by atoms with E-state index in [0.717, 1.165) is 17.5 Å². The van der Waals surface area contributed by atoms with E-state index in [9.17, 15) is 13.2 Å². The molecule has 3 N–H and O–H groups in total. The third-order valence-corrected chi connectivity index (χ3v) is 6.34. The van der Waals surface area contributed by atoms with Crippen LogP contribution in [-0.4, -0.2) is 59.3 Å². The van der Waals surface area contributed by atoms with Gasteiger partial charge in [0, 0.05) is 46.8 Å². The molecule has 1 amide bonds. The normalized spacial score (nSPS) is 12.0. The third-order valence-electron chi connectivity index (χ3n) is 4.51. The fraction of sp³-hybridized carbons (Fsp3) is 0.333. The van der Waals surface area contributed by atoms with E-state index in [4.69, 9.17) is 0 Å². The molecule has 0 bridgehead atoms. The van der Waals surface area contributed by atoms with E-state index < -0.39 is 10.0 Å². The summed E-state index contributed by atoms with van der Waals surface area (Å²) in [6.07, 6.45) is 0.739. The molecule has 8 nitrogen and oxygen atoms in total. The summed E-state index contributed by atoms with van der Waals surface area (Å²) in [7, 11) is 2.89. The fourth-order valence-corrected chi connectivity index (χ4v) is 3.64. The van der Waals surface area contributed by atoms with E-state index in [1.54, 1.807) is 44.4 Å². The molecule has 0 spiro atoms. The minimum atomic E-state index is -3.43. The summed E-state index contributed by atoms with van der Waals surface area (Å²) in [5.41, 5.74) is 2.63. The molecule has 0 unspecified atom stereocenters. The van der Waals surface area contributed by atoms with E-state index in [2.05, 4.69) is 20.9 Å². The average molecular weight is 432 g/mol. The lowest BCUT2D eigenvalue weighted by Gasteiger charge is -2.14. The quantitative estimate of drug-likeness (QED) is 0.431. The minimum absolute atomic E-state index is 0.105. The zero-order valence-electron chi connectivity index (χ0n) is 17.8. The van der Waals surface area contributed by atoms with Gasteiger partial charge in [-0.1, -0.05) is 24.3 Å². The topological polar surface area (TPSA) is 103 Å². The average Bonchev–Trinajstić information content (AvgIpc) is 2.75. The van der Waals surface area contributed by atoms with Gasteiger partial charge in [-0.15, -0.1) is 0 Å². The van der Waals surface area contributed by atoms with Gasteiger partial charge in [0.2, 0.25) is 10.0 Å². The van der Waals surface area contributed by atoms with Crippen molar-refractivity contribution in [2.45, 2.75) is 17.9 Å². The monoisotopic (exact) mass is 431 g/mol. The number of sulfonamides is 1. The Morgan fingerprint density at radius 2 is 1.73 bits per heavy atom. The molecule has 0 fully saturated rings. The van der Waals surface area contributed by atoms with E-state index >= 15 is 0 Å². The van der Waals surface area contributed by atoms with Crippen molar-refractivity contribution in [1.82, 2.24) is 20.3 Å². The first-order chi connectivity index (χ1) is 14.3. The number of rotatable bonds is 8. The maximum atomic E-state index is 12.1. The Morgan fingerprint density at radius 1 is 1.03 bits per heavy atom. The number of carbonyl (C=O) groups excluding carboxylic acids is 1. The second kappa shape index (κ2) is 10.7. The van der Waals surface area contributed by atoms with Crippen molar-refractivity contribution < 1.29 is 13.2 Å². The van der Waals surface area contributed by atoms with Crippen LogP contribution in [0, 0.1) is 0 Å². The number of benzene rings is 2. The summed E-state index contributed by atoms with van der Waals surface area (Å²) in [6.45, 7) is 1.16. The maximum Gasteiger partial charge on any atom is 0.251 e. The number of nitrogens with one attached hydrogen (secondary N) is 3. The number of hydrogen-bond donors (Lipinski definition) is 3. The molecule has 0 aliphatic rings. The molecule has 0 saturated carbocycles. The molecule has 0 radical (unpaired) electrons. The van der Waals surface area contributed by atoms with E-state index in [0.29, 0.717) is 24.6 Å². The number of guanidine groups is 1. The molecule has 0 aliphatic carbocycles. The van der Waals surface area contributed by atoms with E-state index in [-0.39, 0.29) is 10.8 Å². The number of hydrogen-bond acceptors (Lipinski definition) is 4. The Balaban J connectivity index is 1.86. The van der Waals surface area contributed by atoms with Crippen LogP contribution in [0.4, 0.5) is 0 Å². The van der Waals surface area contributed by atoms with Gasteiger partial charge < -0.3 is 16.0 Å². The Labute approximate surface area is 178 Å². The van der Waals surface area contributed by atoms with Crippen LogP contribution in [0.2, 0.25) is 0 Å². The van der Waals surface area contributed by atoms with Gasteiger partial charge in [-0.3, -0.25) is 9.79 Å². The van der Waals surface area contributed by atoms with Crippen LogP contribution in [0.15, 0.2) is 58.4 Å². The summed E-state index contributed by atoms with van der Waals surface area (Å²) < 4.78 is 25.4. The number of amides is 1. The van der Waals surface area contributed by atoms with Crippen LogP contribution in [0.1, 0.15) is 21.5 Å².